The van der Waals surface area contributed by atoms with E-state index in [4.69, 9.17) is 0 Å². The Kier molecular flexibility index (Phi) is 8.58. The van der Waals surface area contributed by atoms with E-state index in [1.807, 2.05) is 91.3 Å². The molecule has 38 heavy (non-hydrogen) atoms. The maximum atomic E-state index is 13.0. The SMILES string of the molecule is O=C(Nc1ccccc1Nc1ccccc1)c1ccc(-c2cnc(NCCCN3CCCCC3)nc2)cc1. The first kappa shape index (κ1) is 25.4. The molecule has 7 heteroatoms. The van der Waals surface area contributed by atoms with Crippen LogP contribution in [0.1, 0.15) is 36.0 Å². The summed E-state index contributed by atoms with van der Waals surface area (Å²) in [4.78, 5) is 24.5. The molecule has 0 radical (unpaired) electrons. The van der Waals surface area contributed by atoms with E-state index in [1.54, 1.807) is 0 Å². The standard InChI is InChI=1S/C31H34N6O/c38-30(36-29-13-6-5-12-28(29)35-27-10-3-1-4-11-27)25-16-14-24(15-17-25)26-22-33-31(34-23-26)32-18-9-21-37-19-7-2-8-20-37/h1,3-6,10-17,22-23,35H,2,7-9,18-21H2,(H,36,38)(H,32,33,34). The van der Waals surface area contributed by atoms with Gasteiger partial charge in [0.2, 0.25) is 5.95 Å². The van der Waals surface area contributed by atoms with Crippen molar-refractivity contribution in [2.75, 3.05) is 42.1 Å². The van der Waals surface area contributed by atoms with Crippen molar-refractivity contribution in [3.63, 3.8) is 0 Å². The molecule has 7 nitrogen and oxygen atoms in total. The van der Waals surface area contributed by atoms with Crippen molar-refractivity contribution >= 4 is 28.9 Å². The summed E-state index contributed by atoms with van der Waals surface area (Å²) in [6, 6.07) is 25.1. The number of anilines is 4. The summed E-state index contributed by atoms with van der Waals surface area (Å²) in [5, 5.41) is 9.70. The lowest BCUT2D eigenvalue weighted by atomic mass is 10.1. The largest absolute Gasteiger partial charge is 0.354 e. The van der Waals surface area contributed by atoms with Gasteiger partial charge >= 0.3 is 0 Å². The van der Waals surface area contributed by atoms with Crippen molar-refractivity contribution in [2.24, 2.45) is 0 Å². The predicted octanol–water partition coefficient (Wildman–Crippen LogP) is 6.43. The molecule has 4 aromatic rings. The van der Waals surface area contributed by atoms with Gasteiger partial charge in [-0.3, -0.25) is 4.79 Å². The van der Waals surface area contributed by atoms with E-state index in [0.29, 0.717) is 11.5 Å². The second-order valence-electron chi connectivity index (χ2n) is 9.55. The van der Waals surface area contributed by atoms with E-state index in [2.05, 4.69) is 30.8 Å². The van der Waals surface area contributed by atoms with Crippen molar-refractivity contribution in [3.05, 3.63) is 96.8 Å². The molecule has 1 aromatic heterocycles. The highest BCUT2D eigenvalue weighted by molar-refractivity contribution is 6.06. The van der Waals surface area contributed by atoms with Gasteiger partial charge in [-0.2, -0.15) is 0 Å². The first-order valence-electron chi connectivity index (χ1n) is 13.4. The highest BCUT2D eigenvalue weighted by Crippen LogP contribution is 2.26. The van der Waals surface area contributed by atoms with E-state index in [1.165, 1.54) is 32.4 Å². The highest BCUT2D eigenvalue weighted by Gasteiger charge is 2.11. The van der Waals surface area contributed by atoms with Crippen molar-refractivity contribution < 1.29 is 4.79 Å². The molecule has 1 fully saturated rings. The minimum atomic E-state index is -0.167. The first-order valence-corrected chi connectivity index (χ1v) is 13.4. The number of amides is 1. The lowest BCUT2D eigenvalue weighted by Gasteiger charge is -2.26. The van der Waals surface area contributed by atoms with Gasteiger partial charge in [-0.15, -0.1) is 0 Å². The number of nitrogens with zero attached hydrogens (tertiary/aromatic N) is 3. The van der Waals surface area contributed by atoms with Crippen LogP contribution in [0.5, 0.6) is 0 Å². The maximum Gasteiger partial charge on any atom is 0.255 e. The third kappa shape index (κ3) is 6.95. The smallest absolute Gasteiger partial charge is 0.255 e. The maximum absolute atomic E-state index is 13.0. The van der Waals surface area contributed by atoms with E-state index in [0.717, 1.165) is 47.7 Å². The van der Waals surface area contributed by atoms with Crippen molar-refractivity contribution in [1.29, 1.82) is 0 Å². The van der Waals surface area contributed by atoms with Gasteiger partial charge in [0.05, 0.1) is 11.4 Å². The number of hydrogen-bond acceptors (Lipinski definition) is 6. The van der Waals surface area contributed by atoms with Crippen LogP contribution in [0.4, 0.5) is 23.0 Å². The molecule has 1 amide bonds. The number of nitrogens with one attached hydrogen (secondary N) is 3. The Bertz CT molecular complexity index is 1300. The minimum Gasteiger partial charge on any atom is -0.354 e. The van der Waals surface area contributed by atoms with Crippen LogP contribution < -0.4 is 16.0 Å². The molecule has 0 unspecified atom stereocenters. The molecule has 2 heterocycles. The number of piperidine rings is 1. The van der Waals surface area contributed by atoms with Gasteiger partial charge in [-0.25, -0.2) is 9.97 Å². The lowest BCUT2D eigenvalue weighted by molar-refractivity contribution is 0.102. The summed E-state index contributed by atoms with van der Waals surface area (Å²) < 4.78 is 0. The molecule has 0 bridgehead atoms. The van der Waals surface area contributed by atoms with Gasteiger partial charge in [0.25, 0.3) is 5.91 Å². The van der Waals surface area contributed by atoms with Gasteiger partial charge < -0.3 is 20.9 Å². The van der Waals surface area contributed by atoms with Crippen LogP contribution in [-0.2, 0) is 0 Å². The molecular formula is C31H34N6O. The third-order valence-electron chi connectivity index (χ3n) is 6.74. The third-order valence-corrected chi connectivity index (χ3v) is 6.74. The Balaban J connectivity index is 1.14. The van der Waals surface area contributed by atoms with Crippen LogP contribution in [0, 0.1) is 0 Å². The molecule has 5 rings (SSSR count). The van der Waals surface area contributed by atoms with Crippen LogP contribution in [0.25, 0.3) is 11.1 Å². The zero-order valence-electron chi connectivity index (χ0n) is 21.6. The number of rotatable bonds is 10. The zero-order chi connectivity index (χ0) is 26.0. The van der Waals surface area contributed by atoms with Gasteiger partial charge in [-0.1, -0.05) is 48.9 Å². The summed E-state index contributed by atoms with van der Waals surface area (Å²) in [6.45, 7) is 4.44. The number of aromatic nitrogens is 2. The van der Waals surface area contributed by atoms with Crippen LogP contribution in [0.15, 0.2) is 91.3 Å². The van der Waals surface area contributed by atoms with Crippen LogP contribution in [0.3, 0.4) is 0 Å². The van der Waals surface area contributed by atoms with Crippen molar-refractivity contribution in [1.82, 2.24) is 14.9 Å². The average Bonchev–Trinajstić information content (AvgIpc) is 2.98. The predicted molar refractivity (Wildman–Crippen MR) is 155 cm³/mol. The van der Waals surface area contributed by atoms with Crippen LogP contribution in [-0.4, -0.2) is 47.0 Å². The molecule has 1 aliphatic heterocycles. The van der Waals surface area contributed by atoms with E-state index in [-0.39, 0.29) is 5.91 Å². The molecular weight excluding hydrogens is 472 g/mol. The quantitative estimate of drug-likeness (QED) is 0.215. The zero-order valence-corrected chi connectivity index (χ0v) is 21.6. The number of carbonyl (C=O) groups is 1. The molecule has 3 N–H and O–H groups in total. The Hall–Kier alpha value is -4.23. The fraction of sp³-hybridized carbons (Fsp3) is 0.258. The van der Waals surface area contributed by atoms with Gasteiger partial charge in [0, 0.05) is 35.8 Å². The highest BCUT2D eigenvalue weighted by atomic mass is 16.1. The molecule has 0 atom stereocenters. The topological polar surface area (TPSA) is 82.2 Å². The summed E-state index contributed by atoms with van der Waals surface area (Å²) in [5.74, 6) is 0.477. The second-order valence-corrected chi connectivity index (χ2v) is 9.55. The van der Waals surface area contributed by atoms with Crippen LogP contribution in [0.2, 0.25) is 0 Å². The lowest BCUT2D eigenvalue weighted by Crippen LogP contribution is -2.31. The molecule has 0 aliphatic carbocycles. The van der Waals surface area contributed by atoms with Gasteiger partial charge in [0.15, 0.2) is 0 Å². The Morgan fingerprint density at radius 2 is 1.45 bits per heavy atom. The van der Waals surface area contributed by atoms with E-state index >= 15 is 0 Å². The molecule has 194 valence electrons. The number of benzene rings is 3. The normalized spacial score (nSPS) is 13.6. The molecule has 0 spiro atoms. The fourth-order valence-corrected chi connectivity index (χ4v) is 4.64. The van der Waals surface area contributed by atoms with Crippen molar-refractivity contribution in [3.8, 4) is 11.1 Å². The number of likely N-dealkylation sites (tertiary alicyclic amines) is 1. The Morgan fingerprint density at radius 1 is 0.763 bits per heavy atom. The molecule has 3 aromatic carbocycles. The summed E-state index contributed by atoms with van der Waals surface area (Å²) >= 11 is 0. The minimum absolute atomic E-state index is 0.167. The van der Waals surface area contributed by atoms with E-state index < -0.39 is 0 Å². The second kappa shape index (κ2) is 12.8. The van der Waals surface area contributed by atoms with Crippen molar-refractivity contribution in [2.45, 2.75) is 25.7 Å². The first-order chi connectivity index (χ1) is 18.7. The van der Waals surface area contributed by atoms with E-state index in [9.17, 15) is 4.79 Å². The van der Waals surface area contributed by atoms with Gasteiger partial charge in [-0.05, 0) is 80.9 Å². The van der Waals surface area contributed by atoms with Crippen LogP contribution >= 0.6 is 0 Å². The molecule has 1 aliphatic rings. The number of carbonyl (C=O) groups excluding carboxylic acids is 1. The Morgan fingerprint density at radius 3 is 2.18 bits per heavy atom. The number of hydrogen-bond donors (Lipinski definition) is 3. The summed E-state index contributed by atoms with van der Waals surface area (Å²) in [7, 11) is 0. The monoisotopic (exact) mass is 506 g/mol. The summed E-state index contributed by atoms with van der Waals surface area (Å²) in [6.07, 6.45) is 8.74. The number of para-hydroxylation sites is 3. The Labute approximate surface area is 224 Å². The summed E-state index contributed by atoms with van der Waals surface area (Å²) in [5.41, 5.74) is 4.96. The fourth-order valence-electron chi connectivity index (χ4n) is 4.64. The molecule has 1 saturated heterocycles. The molecule has 0 saturated carbocycles. The van der Waals surface area contributed by atoms with Gasteiger partial charge in [0.1, 0.15) is 0 Å². The average molecular weight is 507 g/mol.